The summed E-state index contributed by atoms with van der Waals surface area (Å²) in [5, 5.41) is 8.88. The van der Waals surface area contributed by atoms with Gasteiger partial charge < -0.3 is 10.0 Å². The number of carboxylic acid groups (broad SMARTS) is 1. The number of nitrogens with zero attached hydrogens (tertiary/aromatic N) is 1. The standard InChI is InChI=1S/C14H15NO3/c1-10(16)12-4-2-3-5-13(12)11-6-8-15(9-7-11)14(17)18/h2-6H,7-9H2,1H3,(H,17,18). The first-order chi connectivity index (χ1) is 8.59. The third kappa shape index (κ3) is 2.42. The van der Waals surface area contributed by atoms with Gasteiger partial charge in [0.25, 0.3) is 0 Å². The molecule has 0 unspecified atom stereocenters. The van der Waals surface area contributed by atoms with Gasteiger partial charge in [-0.1, -0.05) is 30.3 Å². The number of carbonyl (C=O) groups excluding carboxylic acids is 1. The molecule has 1 aliphatic rings. The van der Waals surface area contributed by atoms with Gasteiger partial charge in [-0.3, -0.25) is 4.79 Å². The van der Waals surface area contributed by atoms with Crippen LogP contribution >= 0.6 is 0 Å². The highest BCUT2D eigenvalue weighted by Gasteiger charge is 2.18. The quantitative estimate of drug-likeness (QED) is 0.815. The van der Waals surface area contributed by atoms with Gasteiger partial charge in [0.05, 0.1) is 0 Å². The fraction of sp³-hybridized carbons (Fsp3) is 0.286. The molecule has 0 fully saturated rings. The summed E-state index contributed by atoms with van der Waals surface area (Å²) in [6.07, 6.45) is 1.64. The van der Waals surface area contributed by atoms with E-state index in [0.29, 0.717) is 25.1 Å². The summed E-state index contributed by atoms with van der Waals surface area (Å²) in [4.78, 5) is 23.7. The second kappa shape index (κ2) is 5.04. The van der Waals surface area contributed by atoms with Gasteiger partial charge in [-0.25, -0.2) is 4.79 Å². The lowest BCUT2D eigenvalue weighted by Crippen LogP contribution is -2.33. The minimum absolute atomic E-state index is 0.0344. The highest BCUT2D eigenvalue weighted by molar-refractivity contribution is 5.99. The van der Waals surface area contributed by atoms with E-state index < -0.39 is 6.09 Å². The van der Waals surface area contributed by atoms with Crippen molar-refractivity contribution in [2.24, 2.45) is 0 Å². The molecule has 1 aromatic rings. The van der Waals surface area contributed by atoms with Crippen molar-refractivity contribution >= 4 is 17.4 Å². The Labute approximate surface area is 106 Å². The van der Waals surface area contributed by atoms with E-state index in [-0.39, 0.29) is 5.78 Å². The summed E-state index contributed by atoms with van der Waals surface area (Å²) in [5.41, 5.74) is 2.68. The Morgan fingerprint density at radius 3 is 2.56 bits per heavy atom. The maximum Gasteiger partial charge on any atom is 0.407 e. The topological polar surface area (TPSA) is 57.6 Å². The predicted octanol–water partition coefficient (Wildman–Crippen LogP) is 2.66. The fourth-order valence-corrected chi connectivity index (χ4v) is 2.16. The summed E-state index contributed by atoms with van der Waals surface area (Å²) in [7, 11) is 0. The van der Waals surface area contributed by atoms with Crippen LogP contribution in [0.25, 0.3) is 5.57 Å². The molecule has 2 rings (SSSR count). The molecule has 0 spiro atoms. The number of hydrogen-bond donors (Lipinski definition) is 1. The van der Waals surface area contributed by atoms with E-state index in [1.807, 2.05) is 30.3 Å². The molecular weight excluding hydrogens is 230 g/mol. The van der Waals surface area contributed by atoms with Crippen LogP contribution in [0.4, 0.5) is 4.79 Å². The van der Waals surface area contributed by atoms with Crippen LogP contribution in [0.15, 0.2) is 30.3 Å². The Balaban J connectivity index is 2.29. The number of rotatable bonds is 2. The number of ketones is 1. The van der Waals surface area contributed by atoms with E-state index in [1.165, 1.54) is 4.90 Å². The Hall–Kier alpha value is -2.10. The zero-order valence-electron chi connectivity index (χ0n) is 10.2. The van der Waals surface area contributed by atoms with Crippen molar-refractivity contribution in [3.8, 4) is 0 Å². The lowest BCUT2D eigenvalue weighted by atomic mass is 9.93. The zero-order chi connectivity index (χ0) is 13.1. The highest BCUT2D eigenvalue weighted by atomic mass is 16.4. The second-order valence-corrected chi connectivity index (χ2v) is 4.31. The number of amides is 1. The molecule has 1 aromatic carbocycles. The molecule has 0 saturated heterocycles. The molecule has 1 amide bonds. The molecule has 0 bridgehead atoms. The molecule has 0 saturated carbocycles. The molecule has 4 nitrogen and oxygen atoms in total. The number of carbonyl (C=O) groups is 2. The number of Topliss-reactive ketones (excluding diaryl/α,β-unsaturated/α-hetero) is 1. The van der Waals surface area contributed by atoms with Crippen molar-refractivity contribution in [1.29, 1.82) is 0 Å². The van der Waals surface area contributed by atoms with Gasteiger partial charge in [0.15, 0.2) is 5.78 Å². The molecule has 1 heterocycles. The van der Waals surface area contributed by atoms with Gasteiger partial charge in [0.2, 0.25) is 0 Å². The minimum atomic E-state index is -0.898. The van der Waals surface area contributed by atoms with E-state index in [2.05, 4.69) is 0 Å². The normalized spacial score (nSPS) is 15.2. The lowest BCUT2D eigenvalue weighted by Gasteiger charge is -2.24. The van der Waals surface area contributed by atoms with Crippen LogP contribution in [0, 0.1) is 0 Å². The van der Waals surface area contributed by atoms with Crippen molar-refractivity contribution in [2.75, 3.05) is 13.1 Å². The summed E-state index contributed by atoms with van der Waals surface area (Å²) in [5.74, 6) is 0.0344. The Kier molecular flexibility index (Phi) is 3.46. The van der Waals surface area contributed by atoms with Crippen LogP contribution < -0.4 is 0 Å². The molecule has 1 N–H and O–H groups in total. The summed E-state index contributed by atoms with van der Waals surface area (Å²) in [6, 6.07) is 7.46. The van der Waals surface area contributed by atoms with Gasteiger partial charge in [0.1, 0.15) is 0 Å². The molecule has 94 valence electrons. The van der Waals surface area contributed by atoms with E-state index in [9.17, 15) is 9.59 Å². The van der Waals surface area contributed by atoms with Crippen LogP contribution in [0.3, 0.4) is 0 Å². The van der Waals surface area contributed by atoms with Crippen LogP contribution in [-0.4, -0.2) is 35.0 Å². The molecule has 1 aliphatic heterocycles. The summed E-state index contributed by atoms with van der Waals surface area (Å²) in [6.45, 7) is 2.41. The summed E-state index contributed by atoms with van der Waals surface area (Å²) < 4.78 is 0. The van der Waals surface area contributed by atoms with Crippen LogP contribution in [-0.2, 0) is 0 Å². The molecule has 18 heavy (non-hydrogen) atoms. The number of hydrogen-bond acceptors (Lipinski definition) is 2. The molecular formula is C14H15NO3. The average molecular weight is 245 g/mol. The maximum atomic E-state index is 11.5. The largest absolute Gasteiger partial charge is 0.465 e. The van der Waals surface area contributed by atoms with Crippen molar-refractivity contribution in [3.63, 3.8) is 0 Å². The third-order valence-electron chi connectivity index (χ3n) is 3.13. The molecule has 0 radical (unpaired) electrons. The van der Waals surface area contributed by atoms with Crippen LogP contribution in [0.5, 0.6) is 0 Å². The van der Waals surface area contributed by atoms with E-state index in [4.69, 9.17) is 5.11 Å². The van der Waals surface area contributed by atoms with Crippen molar-refractivity contribution in [3.05, 3.63) is 41.5 Å². The summed E-state index contributed by atoms with van der Waals surface area (Å²) >= 11 is 0. The third-order valence-corrected chi connectivity index (χ3v) is 3.13. The van der Waals surface area contributed by atoms with Gasteiger partial charge >= 0.3 is 6.09 Å². The molecule has 0 atom stereocenters. The van der Waals surface area contributed by atoms with Crippen LogP contribution in [0.1, 0.15) is 29.3 Å². The van der Waals surface area contributed by atoms with Gasteiger partial charge in [-0.05, 0) is 24.5 Å². The van der Waals surface area contributed by atoms with Crippen molar-refractivity contribution < 1.29 is 14.7 Å². The zero-order valence-corrected chi connectivity index (χ0v) is 10.2. The molecule has 0 aliphatic carbocycles. The second-order valence-electron chi connectivity index (χ2n) is 4.31. The number of benzene rings is 1. The Morgan fingerprint density at radius 1 is 1.28 bits per heavy atom. The van der Waals surface area contributed by atoms with Crippen molar-refractivity contribution in [1.82, 2.24) is 4.90 Å². The lowest BCUT2D eigenvalue weighted by molar-refractivity contribution is 0.101. The first-order valence-corrected chi connectivity index (χ1v) is 5.87. The van der Waals surface area contributed by atoms with E-state index >= 15 is 0 Å². The Morgan fingerprint density at radius 2 is 2.00 bits per heavy atom. The van der Waals surface area contributed by atoms with Gasteiger partial charge in [0, 0.05) is 18.7 Å². The van der Waals surface area contributed by atoms with E-state index in [0.717, 1.165) is 11.1 Å². The fourth-order valence-electron chi connectivity index (χ4n) is 2.16. The predicted molar refractivity (Wildman–Crippen MR) is 68.6 cm³/mol. The minimum Gasteiger partial charge on any atom is -0.465 e. The van der Waals surface area contributed by atoms with Gasteiger partial charge in [-0.15, -0.1) is 0 Å². The molecule has 4 heteroatoms. The van der Waals surface area contributed by atoms with Crippen molar-refractivity contribution in [2.45, 2.75) is 13.3 Å². The van der Waals surface area contributed by atoms with Gasteiger partial charge in [-0.2, -0.15) is 0 Å². The molecule has 0 aromatic heterocycles. The first kappa shape index (κ1) is 12.4. The Bertz CT molecular complexity index is 520. The SMILES string of the molecule is CC(=O)c1ccccc1C1=CCN(C(=O)O)CC1. The van der Waals surface area contributed by atoms with E-state index in [1.54, 1.807) is 6.92 Å². The average Bonchev–Trinajstić information content (AvgIpc) is 2.39. The monoisotopic (exact) mass is 245 g/mol. The maximum absolute atomic E-state index is 11.5. The smallest absolute Gasteiger partial charge is 0.407 e. The first-order valence-electron chi connectivity index (χ1n) is 5.87. The van der Waals surface area contributed by atoms with Crippen LogP contribution in [0.2, 0.25) is 0 Å². The highest BCUT2D eigenvalue weighted by Crippen LogP contribution is 2.25.